The van der Waals surface area contributed by atoms with Crippen LogP contribution >= 0.6 is 11.3 Å². The lowest BCUT2D eigenvalue weighted by atomic mass is 10.3. The van der Waals surface area contributed by atoms with Crippen LogP contribution in [-0.2, 0) is 25.7 Å². The van der Waals surface area contributed by atoms with E-state index in [1.54, 1.807) is 7.11 Å². The first-order valence-corrected chi connectivity index (χ1v) is 8.40. The van der Waals surface area contributed by atoms with E-state index < -0.39 is 5.91 Å². The van der Waals surface area contributed by atoms with E-state index in [0.717, 1.165) is 15.1 Å². The van der Waals surface area contributed by atoms with Crippen LogP contribution in [0.4, 0.5) is 0 Å². The van der Waals surface area contributed by atoms with Gasteiger partial charge in [0.2, 0.25) is 11.8 Å². The van der Waals surface area contributed by atoms with E-state index in [4.69, 9.17) is 4.74 Å². The molecule has 8 heteroatoms. The Balaban J connectivity index is 1.92. The van der Waals surface area contributed by atoms with E-state index in [1.165, 1.54) is 11.3 Å². The lowest BCUT2D eigenvalue weighted by Crippen LogP contribution is -2.34. The number of aromatic nitrogens is 1. The van der Waals surface area contributed by atoms with E-state index in [2.05, 4.69) is 4.99 Å². The number of amides is 3. The number of hydrogen-bond donors (Lipinski definition) is 0. The molecule has 1 aliphatic heterocycles. The molecule has 24 heavy (non-hydrogen) atoms. The van der Waals surface area contributed by atoms with Gasteiger partial charge in [-0.25, -0.2) is 0 Å². The zero-order chi connectivity index (χ0) is 17.1. The molecule has 0 spiro atoms. The number of carbonyl (C=O) groups excluding carboxylic acids is 3. The van der Waals surface area contributed by atoms with Gasteiger partial charge in [0, 0.05) is 26.5 Å². The Morgan fingerprint density at radius 3 is 2.67 bits per heavy atom. The molecule has 1 aromatic carbocycles. The molecule has 3 amide bonds. The maximum Gasteiger partial charge on any atom is 0.268 e. The number of benzene rings is 1. The predicted molar refractivity (Wildman–Crippen MR) is 88.2 cm³/mol. The molecule has 0 aliphatic carbocycles. The summed E-state index contributed by atoms with van der Waals surface area (Å²) < 4.78 is 8.04. The number of fused-ring (bicyclic) bond motifs is 1. The highest BCUT2D eigenvalue weighted by Gasteiger charge is 2.30. The van der Waals surface area contributed by atoms with Gasteiger partial charge in [-0.2, -0.15) is 4.99 Å². The summed E-state index contributed by atoms with van der Waals surface area (Å²) in [5.41, 5.74) is 0.972. The number of nitrogens with zero attached hydrogens (tertiary/aromatic N) is 3. The standard InChI is InChI=1S/C16H17N3O4S/c1-23-9-8-18-11-4-2-3-5-12(11)24-16(18)17-13(20)10-19-14(21)6-7-15(19)22/h2-5H,6-10H2,1H3. The summed E-state index contributed by atoms with van der Waals surface area (Å²) in [5, 5.41) is 0. The lowest BCUT2D eigenvalue weighted by molar-refractivity contribution is -0.141. The number of hydrogen-bond acceptors (Lipinski definition) is 5. The molecule has 1 aromatic heterocycles. The molecule has 2 heterocycles. The third kappa shape index (κ3) is 3.29. The van der Waals surface area contributed by atoms with Crippen molar-refractivity contribution >= 4 is 39.3 Å². The van der Waals surface area contributed by atoms with Gasteiger partial charge < -0.3 is 9.30 Å². The van der Waals surface area contributed by atoms with Crippen molar-refractivity contribution in [2.45, 2.75) is 19.4 Å². The van der Waals surface area contributed by atoms with Gasteiger partial charge in [-0.05, 0) is 12.1 Å². The summed E-state index contributed by atoms with van der Waals surface area (Å²) in [6.45, 7) is 0.760. The normalized spacial score (nSPS) is 15.7. The number of para-hydroxylation sites is 1. The number of methoxy groups -OCH3 is 1. The van der Waals surface area contributed by atoms with Gasteiger partial charge in [-0.1, -0.05) is 23.5 Å². The zero-order valence-corrected chi connectivity index (χ0v) is 14.0. The molecular formula is C16H17N3O4S. The quantitative estimate of drug-likeness (QED) is 0.754. The summed E-state index contributed by atoms with van der Waals surface area (Å²) in [5.74, 6) is -1.13. The molecule has 0 unspecified atom stereocenters. The van der Waals surface area contributed by atoms with E-state index in [9.17, 15) is 14.4 Å². The van der Waals surface area contributed by atoms with Crippen molar-refractivity contribution < 1.29 is 19.1 Å². The number of thiazole rings is 1. The SMILES string of the molecule is COCCn1c(=NC(=O)CN2C(=O)CCC2=O)sc2ccccc21. The lowest BCUT2D eigenvalue weighted by Gasteiger charge is -2.10. The van der Waals surface area contributed by atoms with Crippen LogP contribution in [0.2, 0.25) is 0 Å². The molecule has 0 N–H and O–H groups in total. The highest BCUT2D eigenvalue weighted by Crippen LogP contribution is 2.17. The Kier molecular flexibility index (Phi) is 4.86. The number of likely N-dealkylation sites (tertiary alicyclic amines) is 1. The van der Waals surface area contributed by atoms with Crippen LogP contribution in [-0.4, -0.2) is 47.4 Å². The average molecular weight is 347 g/mol. The smallest absolute Gasteiger partial charge is 0.268 e. The molecule has 1 fully saturated rings. The van der Waals surface area contributed by atoms with Crippen LogP contribution in [0.25, 0.3) is 10.2 Å². The summed E-state index contributed by atoms with van der Waals surface area (Å²) in [6.07, 6.45) is 0.339. The van der Waals surface area contributed by atoms with Gasteiger partial charge in [0.05, 0.1) is 16.8 Å². The van der Waals surface area contributed by atoms with E-state index in [1.807, 2.05) is 28.8 Å². The van der Waals surface area contributed by atoms with Crippen molar-refractivity contribution in [3.8, 4) is 0 Å². The molecule has 126 valence electrons. The highest BCUT2D eigenvalue weighted by molar-refractivity contribution is 7.16. The Labute approximate surface area is 142 Å². The van der Waals surface area contributed by atoms with Crippen LogP contribution in [0, 0.1) is 0 Å². The predicted octanol–water partition coefficient (Wildman–Crippen LogP) is 0.925. The van der Waals surface area contributed by atoms with Crippen molar-refractivity contribution in [1.29, 1.82) is 0 Å². The number of ether oxygens (including phenoxy) is 1. The van der Waals surface area contributed by atoms with E-state index >= 15 is 0 Å². The molecule has 0 atom stereocenters. The molecule has 1 aliphatic rings. The molecule has 0 bridgehead atoms. The van der Waals surface area contributed by atoms with Crippen LogP contribution in [0.15, 0.2) is 29.3 Å². The van der Waals surface area contributed by atoms with Crippen LogP contribution in [0.5, 0.6) is 0 Å². The first kappa shape index (κ1) is 16.5. The van der Waals surface area contributed by atoms with Gasteiger partial charge in [0.25, 0.3) is 5.91 Å². The second kappa shape index (κ2) is 7.06. The Morgan fingerprint density at radius 1 is 1.25 bits per heavy atom. The van der Waals surface area contributed by atoms with Crippen molar-refractivity contribution in [3.63, 3.8) is 0 Å². The van der Waals surface area contributed by atoms with Crippen molar-refractivity contribution in [3.05, 3.63) is 29.1 Å². The molecule has 0 saturated carbocycles. The maximum absolute atomic E-state index is 12.2. The number of imide groups is 1. The van der Waals surface area contributed by atoms with E-state index in [0.29, 0.717) is 18.0 Å². The molecule has 3 rings (SSSR count). The monoisotopic (exact) mass is 347 g/mol. The van der Waals surface area contributed by atoms with Gasteiger partial charge in [-0.3, -0.25) is 19.3 Å². The molecule has 1 saturated heterocycles. The molecular weight excluding hydrogens is 330 g/mol. The Hall–Kier alpha value is -2.32. The summed E-state index contributed by atoms with van der Waals surface area (Å²) in [7, 11) is 1.61. The summed E-state index contributed by atoms with van der Waals surface area (Å²) in [6, 6.07) is 7.76. The largest absolute Gasteiger partial charge is 0.383 e. The number of carbonyl (C=O) groups is 3. The second-order valence-electron chi connectivity index (χ2n) is 5.38. The molecule has 0 radical (unpaired) electrons. The van der Waals surface area contributed by atoms with Crippen LogP contribution < -0.4 is 4.80 Å². The minimum absolute atomic E-state index is 0.169. The van der Waals surface area contributed by atoms with E-state index in [-0.39, 0.29) is 31.2 Å². The first-order valence-electron chi connectivity index (χ1n) is 7.58. The second-order valence-corrected chi connectivity index (χ2v) is 6.39. The fourth-order valence-electron chi connectivity index (χ4n) is 2.58. The van der Waals surface area contributed by atoms with Crippen LogP contribution in [0.3, 0.4) is 0 Å². The minimum Gasteiger partial charge on any atom is -0.383 e. The van der Waals surface area contributed by atoms with Crippen molar-refractivity contribution in [2.75, 3.05) is 20.3 Å². The van der Waals surface area contributed by atoms with Gasteiger partial charge in [-0.15, -0.1) is 0 Å². The highest BCUT2D eigenvalue weighted by atomic mass is 32.1. The topological polar surface area (TPSA) is 81.0 Å². The van der Waals surface area contributed by atoms with Gasteiger partial charge >= 0.3 is 0 Å². The van der Waals surface area contributed by atoms with Gasteiger partial charge in [0.1, 0.15) is 6.54 Å². The fraction of sp³-hybridized carbons (Fsp3) is 0.375. The van der Waals surface area contributed by atoms with Crippen molar-refractivity contribution in [2.24, 2.45) is 4.99 Å². The Morgan fingerprint density at radius 2 is 1.96 bits per heavy atom. The van der Waals surface area contributed by atoms with Crippen LogP contribution in [0.1, 0.15) is 12.8 Å². The number of rotatable bonds is 5. The van der Waals surface area contributed by atoms with Crippen molar-refractivity contribution in [1.82, 2.24) is 9.47 Å². The minimum atomic E-state index is -0.503. The average Bonchev–Trinajstić information content (AvgIpc) is 3.07. The third-order valence-electron chi connectivity index (χ3n) is 3.78. The third-order valence-corrected chi connectivity index (χ3v) is 4.84. The molecule has 7 nitrogen and oxygen atoms in total. The maximum atomic E-state index is 12.2. The summed E-state index contributed by atoms with van der Waals surface area (Å²) in [4.78, 5) is 41.1. The fourth-order valence-corrected chi connectivity index (χ4v) is 3.65. The summed E-state index contributed by atoms with van der Waals surface area (Å²) >= 11 is 1.39. The van der Waals surface area contributed by atoms with Gasteiger partial charge in [0.15, 0.2) is 4.80 Å². The zero-order valence-electron chi connectivity index (χ0n) is 13.2. The molecule has 2 aromatic rings. The first-order chi connectivity index (χ1) is 11.6. The Bertz CT molecular complexity index is 852.